The van der Waals surface area contributed by atoms with E-state index < -0.39 is 0 Å². The van der Waals surface area contributed by atoms with Crippen molar-refractivity contribution in [1.29, 1.82) is 0 Å². The van der Waals surface area contributed by atoms with E-state index in [-0.39, 0.29) is 17.8 Å². The van der Waals surface area contributed by atoms with Crippen molar-refractivity contribution >= 4 is 6.29 Å². The SMILES string of the molecule is C=CC(OCc1ccccc1)C(C)C=O.CC.CNCc1cccc(F)c1. The lowest BCUT2D eigenvalue weighted by atomic mass is 10.1. The fourth-order valence-electron chi connectivity index (χ4n) is 2.13. The van der Waals surface area contributed by atoms with Crippen LogP contribution in [0.2, 0.25) is 0 Å². The van der Waals surface area contributed by atoms with Crippen molar-refractivity contribution in [3.05, 3.63) is 84.2 Å². The minimum atomic E-state index is -0.206. The van der Waals surface area contributed by atoms with Crippen LogP contribution < -0.4 is 5.32 Å². The summed E-state index contributed by atoms with van der Waals surface area (Å²) in [5, 5.41) is 2.94. The number of hydrogen-bond acceptors (Lipinski definition) is 3. The summed E-state index contributed by atoms with van der Waals surface area (Å²) in [5.74, 6) is -0.320. The molecule has 0 aliphatic carbocycles. The van der Waals surface area contributed by atoms with Crippen LogP contribution in [0.15, 0.2) is 67.3 Å². The first-order chi connectivity index (χ1) is 13.1. The molecule has 0 aromatic heterocycles. The molecular formula is C23H32FNO2. The lowest BCUT2D eigenvalue weighted by Gasteiger charge is -2.16. The molecule has 0 saturated carbocycles. The predicted molar refractivity (Wildman–Crippen MR) is 111 cm³/mol. The zero-order chi connectivity index (χ0) is 20.5. The smallest absolute Gasteiger partial charge is 0.125 e. The van der Waals surface area contributed by atoms with E-state index in [1.807, 2.05) is 64.2 Å². The van der Waals surface area contributed by atoms with Crippen molar-refractivity contribution in [3.63, 3.8) is 0 Å². The van der Waals surface area contributed by atoms with Crippen LogP contribution in [0.5, 0.6) is 0 Å². The number of carbonyl (C=O) groups is 1. The molecule has 0 aliphatic heterocycles. The molecule has 4 heteroatoms. The zero-order valence-corrected chi connectivity index (χ0v) is 16.8. The first-order valence-corrected chi connectivity index (χ1v) is 9.23. The van der Waals surface area contributed by atoms with Gasteiger partial charge >= 0.3 is 0 Å². The Balaban J connectivity index is 0.000000488. The van der Waals surface area contributed by atoms with Gasteiger partial charge in [0.2, 0.25) is 0 Å². The Morgan fingerprint density at radius 2 is 1.74 bits per heavy atom. The molecular weight excluding hydrogens is 341 g/mol. The van der Waals surface area contributed by atoms with Gasteiger partial charge in [-0.05, 0) is 30.3 Å². The van der Waals surface area contributed by atoms with Gasteiger partial charge in [-0.1, -0.05) is 69.3 Å². The number of aldehydes is 1. The Bertz CT molecular complexity index is 631. The molecule has 0 saturated heterocycles. The van der Waals surface area contributed by atoms with Crippen LogP contribution in [0.25, 0.3) is 0 Å². The minimum Gasteiger partial charge on any atom is -0.369 e. The highest BCUT2D eigenvalue weighted by Gasteiger charge is 2.13. The van der Waals surface area contributed by atoms with Gasteiger partial charge in [0.25, 0.3) is 0 Å². The summed E-state index contributed by atoms with van der Waals surface area (Å²) >= 11 is 0. The normalized spacial score (nSPS) is 11.7. The van der Waals surface area contributed by atoms with Gasteiger partial charge in [0, 0.05) is 12.5 Å². The van der Waals surface area contributed by atoms with Crippen LogP contribution in [0, 0.1) is 11.7 Å². The number of rotatable bonds is 8. The summed E-state index contributed by atoms with van der Waals surface area (Å²) in [6.07, 6.45) is 2.35. The second kappa shape index (κ2) is 15.9. The fourth-order valence-corrected chi connectivity index (χ4v) is 2.13. The van der Waals surface area contributed by atoms with E-state index in [1.165, 1.54) is 12.1 Å². The van der Waals surface area contributed by atoms with E-state index in [0.29, 0.717) is 6.61 Å². The molecule has 0 aliphatic rings. The van der Waals surface area contributed by atoms with Gasteiger partial charge in [0.15, 0.2) is 0 Å². The Labute approximate surface area is 163 Å². The number of benzene rings is 2. The fraction of sp³-hybridized carbons (Fsp3) is 0.348. The van der Waals surface area contributed by atoms with E-state index in [2.05, 4.69) is 11.9 Å². The zero-order valence-electron chi connectivity index (χ0n) is 16.8. The van der Waals surface area contributed by atoms with Gasteiger partial charge in [0.05, 0.1) is 12.7 Å². The monoisotopic (exact) mass is 373 g/mol. The summed E-state index contributed by atoms with van der Waals surface area (Å²) in [7, 11) is 1.84. The molecule has 2 aromatic rings. The van der Waals surface area contributed by atoms with Gasteiger partial charge in [-0.3, -0.25) is 0 Å². The van der Waals surface area contributed by atoms with Gasteiger partial charge in [-0.2, -0.15) is 0 Å². The van der Waals surface area contributed by atoms with E-state index >= 15 is 0 Å². The Morgan fingerprint density at radius 3 is 2.26 bits per heavy atom. The Hall–Kier alpha value is -2.30. The molecule has 27 heavy (non-hydrogen) atoms. The molecule has 0 spiro atoms. The largest absolute Gasteiger partial charge is 0.369 e. The van der Waals surface area contributed by atoms with Crippen molar-refractivity contribution in [2.45, 2.75) is 40.0 Å². The van der Waals surface area contributed by atoms with Gasteiger partial charge in [-0.25, -0.2) is 4.39 Å². The van der Waals surface area contributed by atoms with Crippen molar-refractivity contribution in [2.24, 2.45) is 5.92 Å². The minimum absolute atomic E-state index is 0.147. The van der Waals surface area contributed by atoms with Crippen LogP contribution in [0.1, 0.15) is 31.9 Å². The molecule has 2 atom stereocenters. The summed E-state index contributed by atoms with van der Waals surface area (Å²) in [6.45, 7) is 10.7. The molecule has 0 amide bonds. The predicted octanol–water partition coefficient (Wildman–Crippen LogP) is 5.16. The lowest BCUT2D eigenvalue weighted by Crippen LogP contribution is -2.20. The summed E-state index contributed by atoms with van der Waals surface area (Å²) in [5.41, 5.74) is 2.07. The Kier molecular flexibility index (Phi) is 14.6. The summed E-state index contributed by atoms with van der Waals surface area (Å²) in [6, 6.07) is 16.4. The maximum Gasteiger partial charge on any atom is 0.125 e. The maximum atomic E-state index is 12.5. The molecule has 0 bridgehead atoms. The maximum absolute atomic E-state index is 12.5. The first kappa shape index (κ1) is 24.7. The molecule has 0 radical (unpaired) electrons. The molecule has 148 valence electrons. The molecule has 2 rings (SSSR count). The molecule has 0 fully saturated rings. The molecule has 2 unspecified atom stereocenters. The van der Waals surface area contributed by atoms with Crippen molar-refractivity contribution in [2.75, 3.05) is 7.05 Å². The van der Waals surface area contributed by atoms with Gasteiger partial charge in [0.1, 0.15) is 12.1 Å². The summed E-state index contributed by atoms with van der Waals surface area (Å²) in [4.78, 5) is 10.6. The topological polar surface area (TPSA) is 38.3 Å². The third-order valence-electron chi connectivity index (χ3n) is 3.52. The van der Waals surface area contributed by atoms with Crippen LogP contribution in [0.4, 0.5) is 4.39 Å². The van der Waals surface area contributed by atoms with E-state index in [1.54, 1.807) is 12.1 Å². The van der Waals surface area contributed by atoms with Crippen molar-refractivity contribution < 1.29 is 13.9 Å². The number of nitrogens with one attached hydrogen (secondary N) is 1. The quantitative estimate of drug-likeness (QED) is 0.513. The van der Waals surface area contributed by atoms with E-state index in [9.17, 15) is 9.18 Å². The van der Waals surface area contributed by atoms with Crippen molar-refractivity contribution in [3.8, 4) is 0 Å². The average Bonchev–Trinajstić information content (AvgIpc) is 2.71. The van der Waals surface area contributed by atoms with Gasteiger partial charge < -0.3 is 14.8 Å². The number of halogens is 1. The van der Waals surface area contributed by atoms with Crippen LogP contribution in [0.3, 0.4) is 0 Å². The molecule has 2 aromatic carbocycles. The highest BCUT2D eigenvalue weighted by atomic mass is 19.1. The molecule has 1 N–H and O–H groups in total. The standard InChI is InChI=1S/C13H16O2.C8H10FN.C2H6/c1-3-13(11(2)9-14)15-10-12-7-5-4-6-8-12;1-10-6-7-3-2-4-8(9)5-7;1-2/h3-9,11,13H,1,10H2,2H3;2-5,10H,6H2,1H3;1-2H3. The van der Waals surface area contributed by atoms with Crippen LogP contribution >= 0.6 is 0 Å². The first-order valence-electron chi connectivity index (χ1n) is 9.23. The van der Waals surface area contributed by atoms with Crippen molar-refractivity contribution in [1.82, 2.24) is 5.32 Å². The van der Waals surface area contributed by atoms with Gasteiger partial charge in [-0.15, -0.1) is 6.58 Å². The molecule has 3 nitrogen and oxygen atoms in total. The average molecular weight is 374 g/mol. The third kappa shape index (κ3) is 11.1. The number of hydrogen-bond donors (Lipinski definition) is 1. The second-order valence-electron chi connectivity index (χ2n) is 5.65. The summed E-state index contributed by atoms with van der Waals surface area (Å²) < 4.78 is 18.0. The third-order valence-corrected chi connectivity index (χ3v) is 3.52. The Morgan fingerprint density at radius 1 is 1.11 bits per heavy atom. The number of carbonyl (C=O) groups excluding carboxylic acids is 1. The highest BCUT2D eigenvalue weighted by molar-refractivity contribution is 5.54. The van der Waals surface area contributed by atoms with Crippen LogP contribution in [-0.2, 0) is 22.7 Å². The lowest BCUT2D eigenvalue weighted by molar-refractivity contribution is -0.114. The second-order valence-corrected chi connectivity index (χ2v) is 5.65. The molecule has 0 heterocycles. The van der Waals surface area contributed by atoms with E-state index in [4.69, 9.17) is 4.74 Å². The van der Waals surface area contributed by atoms with Crippen LogP contribution in [-0.4, -0.2) is 19.4 Å². The van der Waals surface area contributed by atoms with E-state index in [0.717, 1.165) is 24.0 Å². The highest BCUT2D eigenvalue weighted by Crippen LogP contribution is 2.10. The number of ether oxygens (including phenoxy) is 1.